The van der Waals surface area contributed by atoms with Crippen LogP contribution in [0.25, 0.3) is 0 Å². The monoisotopic (exact) mass is 624 g/mol. The highest BCUT2D eigenvalue weighted by Gasteiger charge is 2.42. The average Bonchev–Trinajstić information content (AvgIpc) is 3.55. The van der Waals surface area contributed by atoms with Gasteiger partial charge in [-0.25, -0.2) is 14.7 Å². The second-order valence-corrected chi connectivity index (χ2v) is 11.4. The Morgan fingerprint density at radius 1 is 0.935 bits per heavy atom. The topological polar surface area (TPSA) is 133 Å². The van der Waals surface area contributed by atoms with Crippen molar-refractivity contribution in [1.82, 2.24) is 10.4 Å². The molecular formula is C35H36N4O7. The summed E-state index contributed by atoms with van der Waals surface area (Å²) in [6.45, 7) is 5.03. The summed E-state index contributed by atoms with van der Waals surface area (Å²) in [6, 6.07) is 19.2. The number of rotatable bonds is 10. The minimum absolute atomic E-state index is 0.00173. The van der Waals surface area contributed by atoms with Gasteiger partial charge in [0.25, 0.3) is 11.8 Å². The van der Waals surface area contributed by atoms with Crippen molar-refractivity contribution >= 4 is 46.9 Å². The number of ether oxygens (including phenoxy) is 1. The lowest BCUT2D eigenvalue weighted by atomic mass is 10.0. The van der Waals surface area contributed by atoms with Crippen LogP contribution in [-0.2, 0) is 36.8 Å². The second-order valence-electron chi connectivity index (χ2n) is 11.4. The van der Waals surface area contributed by atoms with Crippen LogP contribution >= 0.6 is 0 Å². The molecule has 2 aliphatic rings. The van der Waals surface area contributed by atoms with Crippen molar-refractivity contribution in [3.63, 3.8) is 0 Å². The van der Waals surface area contributed by atoms with Crippen LogP contribution in [0.5, 0.6) is 0 Å². The standard InChI is InChI=1S/C35H36N4O7/c1-4-22(3)17-31(41)37(36-30(40)18-23-11-7-6-8-12-23)21-32(42)39-28-20-25(16-15-24(28)19-29(39)35(45)46-5-2)38-33(43)26-13-9-10-14-27(26)34(38)44/h6-16,20,22,29H,4-5,17-19,21H2,1-3H3,(H,36,40)/t22?,29-/m0/s1. The number of anilines is 2. The molecule has 2 aliphatic heterocycles. The van der Waals surface area contributed by atoms with Gasteiger partial charge in [-0.1, -0.05) is 68.8 Å². The first-order valence-corrected chi connectivity index (χ1v) is 15.4. The number of hydrazine groups is 1. The van der Waals surface area contributed by atoms with Gasteiger partial charge in [-0.3, -0.25) is 34.3 Å². The van der Waals surface area contributed by atoms with Crippen LogP contribution in [-0.4, -0.2) is 59.7 Å². The number of esters is 1. The van der Waals surface area contributed by atoms with E-state index < -0.39 is 48.1 Å². The van der Waals surface area contributed by atoms with Crippen molar-refractivity contribution in [2.75, 3.05) is 23.0 Å². The minimum Gasteiger partial charge on any atom is -0.464 e. The van der Waals surface area contributed by atoms with Gasteiger partial charge >= 0.3 is 5.97 Å². The second kappa shape index (κ2) is 13.8. The fourth-order valence-electron chi connectivity index (χ4n) is 5.64. The van der Waals surface area contributed by atoms with E-state index in [1.165, 1.54) is 11.0 Å². The Morgan fingerprint density at radius 2 is 1.59 bits per heavy atom. The number of hydrogen-bond donors (Lipinski definition) is 1. The van der Waals surface area contributed by atoms with E-state index in [1.807, 2.05) is 19.9 Å². The van der Waals surface area contributed by atoms with Gasteiger partial charge in [-0.05, 0) is 48.2 Å². The van der Waals surface area contributed by atoms with Gasteiger partial charge in [-0.2, -0.15) is 0 Å². The molecule has 0 saturated heterocycles. The summed E-state index contributed by atoms with van der Waals surface area (Å²) in [4.78, 5) is 82.3. The zero-order valence-corrected chi connectivity index (χ0v) is 26.0. The van der Waals surface area contributed by atoms with E-state index in [0.29, 0.717) is 11.3 Å². The third kappa shape index (κ3) is 6.53. The number of amides is 5. The Balaban J connectivity index is 1.45. The smallest absolute Gasteiger partial charge is 0.329 e. The van der Waals surface area contributed by atoms with Gasteiger partial charge in [0.15, 0.2) is 0 Å². The molecule has 2 heterocycles. The molecule has 0 spiro atoms. The van der Waals surface area contributed by atoms with Gasteiger partial charge in [0.2, 0.25) is 17.7 Å². The molecule has 238 valence electrons. The normalized spacial score (nSPS) is 15.7. The Hall–Kier alpha value is -5.32. The van der Waals surface area contributed by atoms with Gasteiger partial charge in [0, 0.05) is 12.8 Å². The zero-order valence-electron chi connectivity index (χ0n) is 26.0. The van der Waals surface area contributed by atoms with Gasteiger partial charge < -0.3 is 4.74 Å². The van der Waals surface area contributed by atoms with E-state index in [0.717, 1.165) is 21.9 Å². The van der Waals surface area contributed by atoms with E-state index in [9.17, 15) is 28.8 Å². The molecule has 2 atom stereocenters. The Morgan fingerprint density at radius 3 is 2.22 bits per heavy atom. The highest BCUT2D eigenvalue weighted by molar-refractivity contribution is 6.34. The fourth-order valence-corrected chi connectivity index (χ4v) is 5.64. The van der Waals surface area contributed by atoms with Crippen molar-refractivity contribution in [2.45, 2.75) is 52.5 Å². The summed E-state index contributed by atoms with van der Waals surface area (Å²) < 4.78 is 5.29. The number of imide groups is 1. The molecule has 3 aromatic carbocycles. The first-order valence-electron chi connectivity index (χ1n) is 15.4. The number of fused-ring (bicyclic) bond motifs is 2. The molecule has 11 heteroatoms. The Labute approximate surface area is 267 Å². The number of nitrogens with one attached hydrogen (secondary N) is 1. The van der Waals surface area contributed by atoms with E-state index in [4.69, 9.17) is 4.74 Å². The molecule has 0 aromatic heterocycles. The first kappa shape index (κ1) is 32.1. The Bertz CT molecular complexity index is 1650. The molecule has 0 aliphatic carbocycles. The van der Waals surface area contributed by atoms with Crippen LogP contribution in [0, 0.1) is 5.92 Å². The third-order valence-electron chi connectivity index (χ3n) is 8.21. The Kier molecular flexibility index (Phi) is 9.60. The largest absolute Gasteiger partial charge is 0.464 e. The summed E-state index contributed by atoms with van der Waals surface area (Å²) in [5, 5.41) is 1.01. The summed E-state index contributed by atoms with van der Waals surface area (Å²) in [5.41, 5.74) is 5.04. The molecule has 5 amide bonds. The van der Waals surface area contributed by atoms with Crippen molar-refractivity contribution in [2.24, 2.45) is 5.92 Å². The molecule has 1 unspecified atom stereocenters. The summed E-state index contributed by atoms with van der Waals surface area (Å²) in [6.07, 6.45) is 0.932. The highest BCUT2D eigenvalue weighted by Crippen LogP contribution is 2.38. The molecule has 3 aromatic rings. The molecule has 0 radical (unpaired) electrons. The van der Waals surface area contributed by atoms with E-state index in [2.05, 4.69) is 5.43 Å². The maximum Gasteiger partial charge on any atom is 0.329 e. The summed E-state index contributed by atoms with van der Waals surface area (Å²) in [5.74, 6) is -3.21. The molecule has 11 nitrogen and oxygen atoms in total. The molecule has 46 heavy (non-hydrogen) atoms. The lowest BCUT2D eigenvalue weighted by molar-refractivity contribution is -0.147. The van der Waals surface area contributed by atoms with Crippen LogP contribution < -0.4 is 15.2 Å². The maximum atomic E-state index is 14.1. The molecule has 0 saturated carbocycles. The van der Waals surface area contributed by atoms with Gasteiger partial charge in [0.05, 0.1) is 35.5 Å². The van der Waals surface area contributed by atoms with Crippen LogP contribution in [0.1, 0.15) is 65.5 Å². The predicted molar refractivity (Wildman–Crippen MR) is 170 cm³/mol. The number of hydrogen-bond acceptors (Lipinski definition) is 7. The number of carbonyl (C=O) groups excluding carboxylic acids is 6. The van der Waals surface area contributed by atoms with Crippen molar-refractivity contribution in [3.8, 4) is 0 Å². The summed E-state index contributed by atoms with van der Waals surface area (Å²) in [7, 11) is 0. The molecule has 0 fully saturated rings. The lowest BCUT2D eigenvalue weighted by Crippen LogP contribution is -2.54. The number of carbonyl (C=O) groups is 6. The first-order chi connectivity index (χ1) is 22.1. The SMILES string of the molecule is CCOC(=O)[C@@H]1Cc2ccc(N3C(=O)c4ccccc4C3=O)cc2N1C(=O)CN(NC(=O)Cc1ccccc1)C(=O)CC(C)CC. The van der Waals surface area contributed by atoms with Crippen LogP contribution in [0.15, 0.2) is 72.8 Å². The van der Waals surface area contributed by atoms with Crippen molar-refractivity contribution < 1.29 is 33.5 Å². The predicted octanol–water partition coefficient (Wildman–Crippen LogP) is 3.85. The van der Waals surface area contributed by atoms with E-state index in [-0.39, 0.29) is 48.6 Å². The van der Waals surface area contributed by atoms with Gasteiger partial charge in [-0.15, -0.1) is 0 Å². The quantitative estimate of drug-likeness (QED) is 0.206. The van der Waals surface area contributed by atoms with Crippen LogP contribution in [0.3, 0.4) is 0 Å². The van der Waals surface area contributed by atoms with Gasteiger partial charge in [0.1, 0.15) is 12.6 Å². The van der Waals surface area contributed by atoms with E-state index in [1.54, 1.807) is 67.6 Å². The van der Waals surface area contributed by atoms with Crippen LogP contribution in [0.2, 0.25) is 0 Å². The molecule has 5 rings (SSSR count). The van der Waals surface area contributed by atoms with Crippen molar-refractivity contribution in [1.29, 1.82) is 0 Å². The maximum absolute atomic E-state index is 14.1. The van der Waals surface area contributed by atoms with Crippen molar-refractivity contribution in [3.05, 3.63) is 95.1 Å². The van der Waals surface area contributed by atoms with E-state index >= 15 is 0 Å². The number of nitrogens with zero attached hydrogens (tertiary/aromatic N) is 3. The summed E-state index contributed by atoms with van der Waals surface area (Å²) >= 11 is 0. The lowest BCUT2D eigenvalue weighted by Gasteiger charge is -2.29. The average molecular weight is 625 g/mol. The molecular weight excluding hydrogens is 588 g/mol. The minimum atomic E-state index is -1.05. The highest BCUT2D eigenvalue weighted by atomic mass is 16.5. The fraction of sp³-hybridized carbons (Fsp3) is 0.314. The van der Waals surface area contributed by atoms with Crippen LogP contribution in [0.4, 0.5) is 11.4 Å². The molecule has 0 bridgehead atoms. The third-order valence-corrected chi connectivity index (χ3v) is 8.21. The number of benzene rings is 3. The zero-order chi connectivity index (χ0) is 33.0. The molecule has 1 N–H and O–H groups in total.